The fraction of sp³-hybridized carbons (Fsp3) is 0.600. The summed E-state index contributed by atoms with van der Waals surface area (Å²) < 4.78 is 15.8. The van der Waals surface area contributed by atoms with E-state index in [9.17, 15) is 14.4 Å². The number of aromatic nitrogens is 1. The van der Waals surface area contributed by atoms with Gasteiger partial charge in [-0.15, -0.1) is 0 Å². The lowest BCUT2D eigenvalue weighted by atomic mass is 10.2. The van der Waals surface area contributed by atoms with Crippen LogP contribution in [0.5, 0.6) is 0 Å². The van der Waals surface area contributed by atoms with Crippen molar-refractivity contribution in [1.82, 2.24) is 10.3 Å². The molecule has 1 fully saturated rings. The summed E-state index contributed by atoms with van der Waals surface area (Å²) in [6.45, 7) is 5.10. The van der Waals surface area contributed by atoms with Crippen LogP contribution in [0.25, 0.3) is 0 Å². The first kappa shape index (κ1) is 21.7. The summed E-state index contributed by atoms with van der Waals surface area (Å²) in [7, 11) is 0. The van der Waals surface area contributed by atoms with Gasteiger partial charge in [0, 0.05) is 18.0 Å². The molecule has 0 radical (unpaired) electrons. The van der Waals surface area contributed by atoms with Crippen LogP contribution in [0.1, 0.15) is 58.4 Å². The largest absolute Gasteiger partial charge is 0.462 e. The molecule has 1 aliphatic carbocycles. The van der Waals surface area contributed by atoms with E-state index in [-0.39, 0.29) is 19.1 Å². The topological polar surface area (TPSA) is 104 Å². The molecular formula is C20H28N2O6. The van der Waals surface area contributed by atoms with Gasteiger partial charge in [0.15, 0.2) is 0 Å². The first-order valence-electron chi connectivity index (χ1n) is 9.47. The van der Waals surface area contributed by atoms with Crippen LogP contribution < -0.4 is 5.32 Å². The number of ether oxygens (including phenoxy) is 3. The second kappa shape index (κ2) is 10.1. The number of carbonyl (C=O) groups is 3. The predicted octanol–water partition coefficient (Wildman–Crippen LogP) is 2.89. The Kier molecular flexibility index (Phi) is 7.78. The van der Waals surface area contributed by atoms with Gasteiger partial charge < -0.3 is 19.5 Å². The Morgan fingerprint density at radius 2 is 1.96 bits per heavy atom. The number of hydrogen-bond donors (Lipinski definition) is 1. The third kappa shape index (κ3) is 7.94. The molecule has 1 aliphatic rings. The molecule has 0 spiro atoms. The van der Waals surface area contributed by atoms with Crippen molar-refractivity contribution in [3.8, 4) is 0 Å². The van der Waals surface area contributed by atoms with Crippen molar-refractivity contribution in [1.29, 1.82) is 0 Å². The lowest BCUT2D eigenvalue weighted by Gasteiger charge is -2.23. The second-order valence-electron chi connectivity index (χ2n) is 7.77. The van der Waals surface area contributed by atoms with Gasteiger partial charge in [0.2, 0.25) is 0 Å². The quantitative estimate of drug-likeness (QED) is 0.562. The maximum absolute atomic E-state index is 12.5. The highest BCUT2D eigenvalue weighted by molar-refractivity contribution is 5.86. The van der Waals surface area contributed by atoms with Crippen molar-refractivity contribution in [2.45, 2.75) is 77.2 Å². The van der Waals surface area contributed by atoms with Crippen molar-refractivity contribution in [2.24, 2.45) is 0 Å². The van der Waals surface area contributed by atoms with Gasteiger partial charge in [-0.1, -0.05) is 6.07 Å². The number of nitrogens with zero attached hydrogens (tertiary/aromatic N) is 1. The molecule has 1 N–H and O–H groups in total. The van der Waals surface area contributed by atoms with Gasteiger partial charge in [-0.25, -0.2) is 9.59 Å². The fourth-order valence-electron chi connectivity index (χ4n) is 2.79. The molecular weight excluding hydrogens is 364 g/mol. The Hall–Kier alpha value is -2.64. The van der Waals surface area contributed by atoms with Crippen molar-refractivity contribution in [3.63, 3.8) is 0 Å². The second-order valence-corrected chi connectivity index (χ2v) is 7.77. The zero-order chi connectivity index (χ0) is 20.6. The van der Waals surface area contributed by atoms with Crippen LogP contribution in [0.3, 0.4) is 0 Å². The van der Waals surface area contributed by atoms with Crippen LogP contribution in [0.2, 0.25) is 0 Å². The molecule has 0 aliphatic heterocycles. The standard InChI is InChI=1S/C20H28N2O6/c1-20(2,3)28-19(25)22-16(11-17(23)27-15-8-4-5-9-15)18(24)26-13-14-7-6-10-21-12-14/h6-7,10,12,15-16H,4-5,8-9,11,13H2,1-3H3,(H,22,25)/t16-/m0/s1. The number of carbonyl (C=O) groups excluding carboxylic acids is 3. The van der Waals surface area contributed by atoms with Crippen molar-refractivity contribution in [2.75, 3.05) is 0 Å². The van der Waals surface area contributed by atoms with Crippen LogP contribution >= 0.6 is 0 Å². The first-order valence-corrected chi connectivity index (χ1v) is 9.47. The van der Waals surface area contributed by atoms with E-state index >= 15 is 0 Å². The SMILES string of the molecule is CC(C)(C)OC(=O)N[C@@H](CC(=O)OC1CCCC1)C(=O)OCc1cccnc1. The molecule has 1 aromatic heterocycles. The zero-order valence-corrected chi connectivity index (χ0v) is 16.6. The van der Waals surface area contributed by atoms with Crippen molar-refractivity contribution < 1.29 is 28.6 Å². The van der Waals surface area contributed by atoms with Gasteiger partial charge in [-0.2, -0.15) is 0 Å². The lowest BCUT2D eigenvalue weighted by molar-refractivity contribution is -0.156. The molecule has 0 aromatic carbocycles. The Balaban J connectivity index is 1.95. The highest BCUT2D eigenvalue weighted by Crippen LogP contribution is 2.21. The van der Waals surface area contributed by atoms with Gasteiger partial charge in [0.1, 0.15) is 24.4 Å². The fourth-order valence-corrected chi connectivity index (χ4v) is 2.79. The maximum atomic E-state index is 12.5. The highest BCUT2D eigenvalue weighted by atomic mass is 16.6. The van der Waals surface area contributed by atoms with E-state index in [4.69, 9.17) is 14.2 Å². The summed E-state index contributed by atoms with van der Waals surface area (Å²) in [4.78, 5) is 40.7. The number of esters is 2. The number of alkyl carbamates (subject to hydrolysis) is 1. The number of rotatable bonds is 7. The summed E-state index contributed by atoms with van der Waals surface area (Å²) in [6.07, 6.45) is 5.61. The minimum Gasteiger partial charge on any atom is -0.462 e. The molecule has 1 heterocycles. The van der Waals surface area contributed by atoms with Crippen LogP contribution in [0.15, 0.2) is 24.5 Å². The summed E-state index contributed by atoms with van der Waals surface area (Å²) in [5, 5.41) is 2.41. The van der Waals surface area contributed by atoms with E-state index in [0.717, 1.165) is 25.7 Å². The Bertz CT molecular complexity index is 665. The van der Waals surface area contributed by atoms with Crippen LogP contribution in [0.4, 0.5) is 4.79 Å². The summed E-state index contributed by atoms with van der Waals surface area (Å²) in [5.41, 5.74) is -0.0427. The molecule has 0 saturated heterocycles. The molecule has 8 nitrogen and oxygen atoms in total. The molecule has 8 heteroatoms. The number of pyridine rings is 1. The van der Waals surface area contributed by atoms with Gasteiger partial charge in [0.05, 0.1) is 6.42 Å². The van der Waals surface area contributed by atoms with Crippen molar-refractivity contribution in [3.05, 3.63) is 30.1 Å². The third-order valence-corrected chi connectivity index (χ3v) is 4.05. The summed E-state index contributed by atoms with van der Waals surface area (Å²) in [6, 6.07) is 2.28. The Morgan fingerprint density at radius 1 is 1.25 bits per heavy atom. The van der Waals surface area contributed by atoms with Gasteiger partial charge in [-0.3, -0.25) is 9.78 Å². The Morgan fingerprint density at radius 3 is 2.57 bits per heavy atom. The minimum absolute atomic E-state index is 0.0170. The molecule has 1 amide bonds. The zero-order valence-electron chi connectivity index (χ0n) is 16.6. The number of hydrogen-bond acceptors (Lipinski definition) is 7. The van der Waals surface area contributed by atoms with E-state index in [2.05, 4.69) is 10.3 Å². The predicted molar refractivity (Wildman–Crippen MR) is 100 cm³/mol. The average molecular weight is 392 g/mol. The molecule has 154 valence electrons. The van der Waals surface area contributed by atoms with Crippen LogP contribution in [-0.2, 0) is 30.4 Å². The summed E-state index contributed by atoms with van der Waals surface area (Å²) in [5.74, 6) is -1.29. The van der Waals surface area contributed by atoms with E-state index < -0.39 is 29.7 Å². The molecule has 0 unspecified atom stereocenters. The van der Waals surface area contributed by atoms with E-state index in [1.54, 1.807) is 45.3 Å². The maximum Gasteiger partial charge on any atom is 0.408 e. The normalized spacial score (nSPS) is 15.5. The smallest absolute Gasteiger partial charge is 0.408 e. The Labute approximate surface area is 164 Å². The van der Waals surface area contributed by atoms with Gasteiger partial charge in [-0.05, 0) is 52.5 Å². The molecule has 1 atom stereocenters. The van der Waals surface area contributed by atoms with E-state index in [1.165, 1.54) is 0 Å². The average Bonchev–Trinajstić information content (AvgIpc) is 3.11. The minimum atomic E-state index is -1.19. The van der Waals surface area contributed by atoms with Gasteiger partial charge in [0.25, 0.3) is 0 Å². The third-order valence-electron chi connectivity index (χ3n) is 4.05. The molecule has 1 saturated carbocycles. The van der Waals surface area contributed by atoms with Gasteiger partial charge >= 0.3 is 18.0 Å². The first-order chi connectivity index (χ1) is 13.2. The summed E-state index contributed by atoms with van der Waals surface area (Å²) >= 11 is 0. The van der Waals surface area contributed by atoms with E-state index in [1.807, 2.05) is 0 Å². The van der Waals surface area contributed by atoms with Crippen LogP contribution in [-0.4, -0.2) is 40.8 Å². The van der Waals surface area contributed by atoms with E-state index in [0.29, 0.717) is 5.56 Å². The molecule has 1 aromatic rings. The van der Waals surface area contributed by atoms with Crippen molar-refractivity contribution >= 4 is 18.0 Å². The molecule has 2 rings (SSSR count). The lowest BCUT2D eigenvalue weighted by Crippen LogP contribution is -2.45. The molecule has 0 bridgehead atoms. The highest BCUT2D eigenvalue weighted by Gasteiger charge is 2.30. The number of amides is 1. The number of nitrogens with one attached hydrogen (secondary N) is 1. The molecule has 28 heavy (non-hydrogen) atoms. The monoisotopic (exact) mass is 392 g/mol. The van der Waals surface area contributed by atoms with Crippen LogP contribution in [0, 0.1) is 0 Å².